The van der Waals surface area contributed by atoms with Crippen molar-refractivity contribution >= 4 is 47.4 Å². The second-order valence-corrected chi connectivity index (χ2v) is 7.36. The fraction of sp³-hybridized carbons (Fsp3) is 0.579. The van der Waals surface area contributed by atoms with Crippen molar-refractivity contribution in [1.29, 1.82) is 0 Å². The molecule has 0 radical (unpaired) electrons. The molecule has 0 unspecified atom stereocenters. The second-order valence-electron chi connectivity index (χ2n) is 6.92. The Labute approximate surface area is 179 Å². The number of halogens is 2. The highest BCUT2D eigenvalue weighted by molar-refractivity contribution is 14.0. The fourth-order valence-electron chi connectivity index (χ4n) is 3.48. The molecule has 146 valence electrons. The van der Waals surface area contributed by atoms with E-state index in [1.807, 2.05) is 32.3 Å². The Kier molecular flexibility index (Phi) is 9.71. The Morgan fingerprint density at radius 2 is 1.96 bits per heavy atom. The Balaban J connectivity index is 0.00000338. The molecule has 0 heterocycles. The molecular formula is C19H30ClIN4O. The van der Waals surface area contributed by atoms with Crippen molar-refractivity contribution in [3.05, 3.63) is 34.9 Å². The number of hydrogen-bond acceptors (Lipinski definition) is 2. The second kappa shape index (κ2) is 11.0. The minimum atomic E-state index is -0.298. The average Bonchev–Trinajstić information content (AvgIpc) is 3.07. The molecule has 1 aliphatic carbocycles. The van der Waals surface area contributed by atoms with Gasteiger partial charge in [0, 0.05) is 39.3 Å². The van der Waals surface area contributed by atoms with E-state index in [-0.39, 0.29) is 35.3 Å². The highest BCUT2D eigenvalue weighted by Crippen LogP contribution is 2.38. The highest BCUT2D eigenvalue weighted by atomic mass is 127. The molecule has 5 nitrogen and oxygen atoms in total. The zero-order chi connectivity index (χ0) is 18.3. The normalized spacial score (nSPS) is 15.9. The van der Waals surface area contributed by atoms with Crippen molar-refractivity contribution in [2.24, 2.45) is 10.4 Å². The van der Waals surface area contributed by atoms with Crippen molar-refractivity contribution in [2.75, 3.05) is 34.2 Å². The molecule has 0 spiro atoms. The topological polar surface area (TPSA) is 56.7 Å². The maximum atomic E-state index is 12.6. The van der Waals surface area contributed by atoms with Crippen LogP contribution < -0.4 is 10.6 Å². The summed E-state index contributed by atoms with van der Waals surface area (Å²) in [5, 5.41) is 7.42. The smallest absolute Gasteiger partial charge is 0.230 e. The van der Waals surface area contributed by atoms with Gasteiger partial charge in [0.05, 0.1) is 5.41 Å². The van der Waals surface area contributed by atoms with Gasteiger partial charge in [0.2, 0.25) is 5.91 Å². The van der Waals surface area contributed by atoms with Gasteiger partial charge in [-0.05, 0) is 37.0 Å². The molecule has 1 aromatic rings. The number of hydrogen-bond donors (Lipinski definition) is 2. The third-order valence-corrected chi connectivity index (χ3v) is 5.07. The van der Waals surface area contributed by atoms with Gasteiger partial charge in [-0.2, -0.15) is 0 Å². The number of rotatable bonds is 6. The van der Waals surface area contributed by atoms with Crippen LogP contribution in [-0.4, -0.2) is 51.0 Å². The fourth-order valence-corrected chi connectivity index (χ4v) is 3.70. The van der Waals surface area contributed by atoms with E-state index in [9.17, 15) is 4.79 Å². The molecule has 1 saturated carbocycles. The summed E-state index contributed by atoms with van der Waals surface area (Å²) in [6.45, 7) is 1.38. The monoisotopic (exact) mass is 492 g/mol. The first-order valence-corrected chi connectivity index (χ1v) is 9.25. The summed E-state index contributed by atoms with van der Waals surface area (Å²) in [4.78, 5) is 18.6. The Morgan fingerprint density at radius 3 is 2.54 bits per heavy atom. The number of benzene rings is 1. The van der Waals surface area contributed by atoms with Crippen LogP contribution >= 0.6 is 35.6 Å². The van der Waals surface area contributed by atoms with Gasteiger partial charge in [-0.15, -0.1) is 24.0 Å². The lowest BCUT2D eigenvalue weighted by molar-refractivity contribution is -0.138. The van der Waals surface area contributed by atoms with E-state index < -0.39 is 0 Å². The lowest BCUT2D eigenvalue weighted by atomic mass is 9.84. The third kappa shape index (κ3) is 6.30. The molecule has 0 aliphatic heterocycles. The van der Waals surface area contributed by atoms with E-state index >= 15 is 0 Å². The largest absolute Gasteiger partial charge is 0.356 e. The summed E-state index contributed by atoms with van der Waals surface area (Å²) in [6, 6.07) is 7.87. The summed E-state index contributed by atoms with van der Waals surface area (Å²) in [5.74, 6) is 0.951. The molecule has 0 saturated heterocycles. The molecule has 0 atom stereocenters. The quantitative estimate of drug-likeness (QED) is 0.364. The molecule has 0 bridgehead atoms. The molecule has 26 heavy (non-hydrogen) atoms. The first-order valence-electron chi connectivity index (χ1n) is 8.87. The van der Waals surface area contributed by atoms with Gasteiger partial charge < -0.3 is 15.5 Å². The van der Waals surface area contributed by atoms with Gasteiger partial charge >= 0.3 is 0 Å². The van der Waals surface area contributed by atoms with E-state index in [0.717, 1.165) is 49.6 Å². The maximum Gasteiger partial charge on any atom is 0.230 e. The summed E-state index contributed by atoms with van der Waals surface area (Å²) in [6.07, 6.45) is 4.97. The van der Waals surface area contributed by atoms with Gasteiger partial charge in [0.25, 0.3) is 0 Å². The zero-order valence-corrected chi connectivity index (χ0v) is 18.9. The van der Waals surface area contributed by atoms with Gasteiger partial charge in [-0.25, -0.2) is 0 Å². The Bertz CT molecular complexity index is 615. The van der Waals surface area contributed by atoms with Crippen LogP contribution in [0.25, 0.3) is 0 Å². The number of guanidine groups is 1. The number of nitrogens with zero attached hydrogens (tertiary/aromatic N) is 2. The molecule has 2 rings (SSSR count). The van der Waals surface area contributed by atoms with Crippen molar-refractivity contribution in [1.82, 2.24) is 15.5 Å². The first kappa shape index (κ1) is 23.0. The zero-order valence-electron chi connectivity index (χ0n) is 15.8. The SMILES string of the molecule is CN=C(NCCc1cccc(Cl)c1)NCC1(C(=O)N(C)C)CCCC1.I. The van der Waals surface area contributed by atoms with Crippen LogP contribution in [0.15, 0.2) is 29.3 Å². The lowest BCUT2D eigenvalue weighted by Crippen LogP contribution is -2.49. The standard InChI is InChI=1S/C19H29ClN4O.HI/c1-21-18(22-12-9-15-7-6-8-16(20)13-15)23-14-19(10-4-5-11-19)17(25)24(2)3;/h6-8,13H,4-5,9-12,14H2,1-3H3,(H2,21,22,23);1H. The van der Waals surface area contributed by atoms with Crippen LogP contribution in [0.2, 0.25) is 5.02 Å². The van der Waals surface area contributed by atoms with Crippen LogP contribution in [0.5, 0.6) is 0 Å². The molecular weight excluding hydrogens is 463 g/mol. The molecule has 0 aromatic heterocycles. The summed E-state index contributed by atoms with van der Waals surface area (Å²) >= 11 is 6.01. The number of carbonyl (C=O) groups excluding carboxylic acids is 1. The maximum absolute atomic E-state index is 12.6. The summed E-state index contributed by atoms with van der Waals surface area (Å²) in [5.41, 5.74) is 0.888. The van der Waals surface area contributed by atoms with Crippen LogP contribution in [0.4, 0.5) is 0 Å². The van der Waals surface area contributed by atoms with Crippen LogP contribution in [0, 0.1) is 5.41 Å². The van der Waals surface area contributed by atoms with E-state index in [4.69, 9.17) is 11.6 Å². The van der Waals surface area contributed by atoms with Crippen LogP contribution in [0.1, 0.15) is 31.2 Å². The van der Waals surface area contributed by atoms with Crippen LogP contribution in [0.3, 0.4) is 0 Å². The highest BCUT2D eigenvalue weighted by Gasteiger charge is 2.42. The molecule has 1 aromatic carbocycles. The predicted molar refractivity (Wildman–Crippen MR) is 120 cm³/mol. The van der Waals surface area contributed by atoms with E-state index in [1.165, 1.54) is 5.56 Å². The minimum absolute atomic E-state index is 0. The van der Waals surface area contributed by atoms with Crippen molar-refractivity contribution < 1.29 is 4.79 Å². The van der Waals surface area contributed by atoms with Crippen molar-refractivity contribution in [2.45, 2.75) is 32.1 Å². The molecule has 7 heteroatoms. The first-order chi connectivity index (χ1) is 12.0. The summed E-state index contributed by atoms with van der Waals surface area (Å²) < 4.78 is 0. The predicted octanol–water partition coefficient (Wildman–Crippen LogP) is 3.31. The van der Waals surface area contributed by atoms with Gasteiger partial charge in [-0.3, -0.25) is 9.79 Å². The minimum Gasteiger partial charge on any atom is -0.356 e. The van der Waals surface area contributed by atoms with Crippen LogP contribution in [-0.2, 0) is 11.2 Å². The molecule has 1 amide bonds. The Morgan fingerprint density at radius 1 is 1.27 bits per heavy atom. The van der Waals surface area contributed by atoms with Crippen molar-refractivity contribution in [3.8, 4) is 0 Å². The molecule has 2 N–H and O–H groups in total. The van der Waals surface area contributed by atoms with Gasteiger partial charge in [0.1, 0.15) is 0 Å². The number of aliphatic imine (C=N–C) groups is 1. The van der Waals surface area contributed by atoms with Gasteiger partial charge in [-0.1, -0.05) is 36.6 Å². The van der Waals surface area contributed by atoms with E-state index in [0.29, 0.717) is 6.54 Å². The third-order valence-electron chi connectivity index (χ3n) is 4.83. The van der Waals surface area contributed by atoms with E-state index in [2.05, 4.69) is 21.7 Å². The number of carbonyl (C=O) groups is 1. The van der Waals surface area contributed by atoms with E-state index in [1.54, 1.807) is 11.9 Å². The summed E-state index contributed by atoms with van der Waals surface area (Å²) in [7, 11) is 5.42. The number of amides is 1. The van der Waals surface area contributed by atoms with Crippen molar-refractivity contribution in [3.63, 3.8) is 0 Å². The molecule has 1 aliphatic rings. The average molecular weight is 493 g/mol. The van der Waals surface area contributed by atoms with Gasteiger partial charge in [0.15, 0.2) is 5.96 Å². The lowest BCUT2D eigenvalue weighted by Gasteiger charge is -2.31. The Hall–Kier alpha value is -1.02. The number of nitrogens with one attached hydrogen (secondary N) is 2. The molecule has 1 fully saturated rings.